The van der Waals surface area contributed by atoms with Crippen LogP contribution in [0.5, 0.6) is 0 Å². The first-order chi connectivity index (χ1) is 7.18. The Morgan fingerprint density at radius 2 is 1.93 bits per heavy atom. The Labute approximate surface area is 90.5 Å². The van der Waals surface area contributed by atoms with Crippen LogP contribution in [0.4, 0.5) is 0 Å². The highest BCUT2D eigenvalue weighted by Gasteiger charge is 2.05. The lowest BCUT2D eigenvalue weighted by atomic mass is 10.0. The minimum atomic E-state index is -0.317. The van der Waals surface area contributed by atoms with Gasteiger partial charge in [0, 0.05) is 12.5 Å². The Kier molecular flexibility index (Phi) is 4.84. The zero-order valence-electron chi connectivity index (χ0n) is 8.86. The van der Waals surface area contributed by atoms with Crippen LogP contribution in [0.3, 0.4) is 0 Å². The van der Waals surface area contributed by atoms with Crippen molar-refractivity contribution in [1.82, 2.24) is 0 Å². The molecule has 0 radical (unpaired) electrons. The van der Waals surface area contributed by atoms with Gasteiger partial charge in [0.05, 0.1) is 0 Å². The highest BCUT2D eigenvalue weighted by Crippen LogP contribution is 2.06. The predicted octanol–water partition coefficient (Wildman–Crippen LogP) is 1.21. The summed E-state index contributed by atoms with van der Waals surface area (Å²) >= 11 is 0. The molecule has 0 aliphatic rings. The van der Waals surface area contributed by atoms with E-state index >= 15 is 0 Å². The van der Waals surface area contributed by atoms with Crippen molar-refractivity contribution in [3.8, 4) is 0 Å². The average Bonchev–Trinajstić information content (AvgIpc) is 2.18. The Bertz CT molecular complexity index is 298. The fourth-order valence-electron chi connectivity index (χ4n) is 1.57. The van der Waals surface area contributed by atoms with Gasteiger partial charge in [0.25, 0.3) is 0 Å². The molecule has 3 heteroatoms. The number of aryl methyl sites for hydroxylation is 1. The van der Waals surface area contributed by atoms with Gasteiger partial charge in [0.2, 0.25) is 5.91 Å². The van der Waals surface area contributed by atoms with Gasteiger partial charge in [-0.2, -0.15) is 0 Å². The van der Waals surface area contributed by atoms with Crippen molar-refractivity contribution in [3.63, 3.8) is 0 Å². The summed E-state index contributed by atoms with van der Waals surface area (Å²) < 4.78 is 0. The first kappa shape index (κ1) is 11.7. The molecule has 1 rings (SSSR count). The number of rotatable bonds is 6. The maximum atomic E-state index is 10.6. The van der Waals surface area contributed by atoms with Gasteiger partial charge in [-0.05, 0) is 24.8 Å². The molecular weight excluding hydrogens is 188 g/mol. The molecule has 15 heavy (non-hydrogen) atoms. The third-order valence-electron chi connectivity index (χ3n) is 2.35. The number of benzene rings is 1. The fourth-order valence-corrected chi connectivity index (χ4v) is 1.57. The number of nitrogens with two attached hydrogens (primary N) is 2. The van der Waals surface area contributed by atoms with E-state index in [9.17, 15) is 4.79 Å². The molecule has 0 spiro atoms. The van der Waals surface area contributed by atoms with Crippen molar-refractivity contribution >= 4 is 5.91 Å². The summed E-state index contributed by atoms with van der Waals surface area (Å²) in [6, 6.07) is 10.2. The van der Waals surface area contributed by atoms with Gasteiger partial charge in [0.1, 0.15) is 0 Å². The number of hydrogen-bond acceptors (Lipinski definition) is 2. The second-order valence-electron chi connectivity index (χ2n) is 3.81. The predicted molar refractivity (Wildman–Crippen MR) is 61.2 cm³/mol. The zero-order chi connectivity index (χ0) is 11.1. The van der Waals surface area contributed by atoms with Gasteiger partial charge in [-0.15, -0.1) is 0 Å². The first-order valence-electron chi connectivity index (χ1n) is 5.26. The second kappa shape index (κ2) is 6.19. The maximum Gasteiger partial charge on any atom is 0.218 e. The molecule has 3 nitrogen and oxygen atoms in total. The van der Waals surface area contributed by atoms with E-state index in [0.29, 0.717) is 0 Å². The molecule has 0 aliphatic carbocycles. The smallest absolute Gasteiger partial charge is 0.218 e. The van der Waals surface area contributed by atoms with Gasteiger partial charge >= 0.3 is 0 Å². The van der Waals surface area contributed by atoms with Crippen LogP contribution in [-0.2, 0) is 11.2 Å². The molecule has 0 bridgehead atoms. The third kappa shape index (κ3) is 5.18. The molecular formula is C12H18N2O. The lowest BCUT2D eigenvalue weighted by Crippen LogP contribution is -2.27. The van der Waals surface area contributed by atoms with E-state index in [4.69, 9.17) is 11.5 Å². The molecule has 1 amide bonds. The zero-order valence-corrected chi connectivity index (χ0v) is 8.86. The van der Waals surface area contributed by atoms with Gasteiger partial charge in [0.15, 0.2) is 0 Å². The Balaban J connectivity index is 2.19. The molecule has 0 heterocycles. The summed E-state index contributed by atoms with van der Waals surface area (Å²) in [5.74, 6) is -0.317. The van der Waals surface area contributed by atoms with Crippen molar-refractivity contribution in [2.24, 2.45) is 11.5 Å². The van der Waals surface area contributed by atoms with Crippen LogP contribution in [0.1, 0.15) is 24.8 Å². The molecule has 0 saturated heterocycles. The van der Waals surface area contributed by atoms with E-state index in [0.717, 1.165) is 19.3 Å². The van der Waals surface area contributed by atoms with Crippen LogP contribution in [-0.4, -0.2) is 11.9 Å². The van der Waals surface area contributed by atoms with Crippen molar-refractivity contribution < 1.29 is 4.79 Å². The number of primary amides is 1. The molecule has 0 saturated carbocycles. The summed E-state index contributed by atoms with van der Waals surface area (Å²) in [7, 11) is 0. The SMILES string of the molecule is NC(=O)CC(N)CCCc1ccccc1. The fraction of sp³-hybridized carbons (Fsp3) is 0.417. The molecule has 1 unspecified atom stereocenters. The molecule has 0 aliphatic heterocycles. The van der Waals surface area contributed by atoms with Gasteiger partial charge in [-0.1, -0.05) is 30.3 Å². The maximum absolute atomic E-state index is 10.6. The van der Waals surface area contributed by atoms with E-state index in [1.54, 1.807) is 0 Å². The van der Waals surface area contributed by atoms with Crippen LogP contribution in [0.2, 0.25) is 0 Å². The summed E-state index contributed by atoms with van der Waals surface area (Å²) in [6.07, 6.45) is 3.14. The van der Waals surface area contributed by atoms with Crippen LogP contribution >= 0.6 is 0 Å². The van der Waals surface area contributed by atoms with Crippen LogP contribution in [0, 0.1) is 0 Å². The Hall–Kier alpha value is -1.35. The van der Waals surface area contributed by atoms with E-state index in [1.807, 2.05) is 18.2 Å². The highest BCUT2D eigenvalue weighted by atomic mass is 16.1. The normalized spacial score (nSPS) is 12.3. The number of carbonyl (C=O) groups is 1. The van der Waals surface area contributed by atoms with Crippen molar-refractivity contribution in [2.75, 3.05) is 0 Å². The molecule has 1 atom stereocenters. The summed E-state index contributed by atoms with van der Waals surface area (Å²) in [5.41, 5.74) is 12.1. The van der Waals surface area contributed by atoms with Crippen LogP contribution in [0.15, 0.2) is 30.3 Å². The lowest BCUT2D eigenvalue weighted by molar-refractivity contribution is -0.118. The molecule has 4 N–H and O–H groups in total. The van der Waals surface area contributed by atoms with Gasteiger partial charge in [-0.3, -0.25) is 4.79 Å². The number of carbonyl (C=O) groups excluding carboxylic acids is 1. The van der Waals surface area contributed by atoms with E-state index in [1.165, 1.54) is 5.56 Å². The number of amides is 1. The van der Waals surface area contributed by atoms with Crippen LogP contribution in [0.25, 0.3) is 0 Å². The van der Waals surface area contributed by atoms with Crippen molar-refractivity contribution in [1.29, 1.82) is 0 Å². The standard InChI is InChI=1S/C12H18N2O/c13-11(9-12(14)15)8-4-7-10-5-2-1-3-6-10/h1-3,5-6,11H,4,7-9,13H2,(H2,14,15). The average molecular weight is 206 g/mol. The molecule has 1 aromatic rings. The minimum absolute atomic E-state index is 0.0915. The topological polar surface area (TPSA) is 69.1 Å². The molecule has 1 aromatic carbocycles. The first-order valence-corrected chi connectivity index (χ1v) is 5.26. The quantitative estimate of drug-likeness (QED) is 0.734. The Morgan fingerprint density at radius 1 is 1.27 bits per heavy atom. The monoisotopic (exact) mass is 206 g/mol. The number of hydrogen-bond donors (Lipinski definition) is 2. The van der Waals surface area contributed by atoms with Gasteiger partial charge in [-0.25, -0.2) is 0 Å². The lowest BCUT2D eigenvalue weighted by Gasteiger charge is -2.08. The minimum Gasteiger partial charge on any atom is -0.370 e. The van der Waals surface area contributed by atoms with Crippen molar-refractivity contribution in [3.05, 3.63) is 35.9 Å². The molecule has 0 fully saturated rings. The van der Waals surface area contributed by atoms with Crippen molar-refractivity contribution in [2.45, 2.75) is 31.7 Å². The molecule has 82 valence electrons. The van der Waals surface area contributed by atoms with E-state index in [-0.39, 0.29) is 18.4 Å². The third-order valence-corrected chi connectivity index (χ3v) is 2.35. The highest BCUT2D eigenvalue weighted by molar-refractivity contribution is 5.74. The van der Waals surface area contributed by atoms with E-state index < -0.39 is 0 Å². The summed E-state index contributed by atoms with van der Waals surface area (Å²) in [5, 5.41) is 0. The molecule has 0 aromatic heterocycles. The summed E-state index contributed by atoms with van der Waals surface area (Å²) in [4.78, 5) is 10.6. The van der Waals surface area contributed by atoms with E-state index in [2.05, 4.69) is 12.1 Å². The van der Waals surface area contributed by atoms with Gasteiger partial charge < -0.3 is 11.5 Å². The van der Waals surface area contributed by atoms with Crippen LogP contribution < -0.4 is 11.5 Å². The summed E-state index contributed by atoms with van der Waals surface area (Å²) in [6.45, 7) is 0. The largest absolute Gasteiger partial charge is 0.370 e. The second-order valence-corrected chi connectivity index (χ2v) is 3.81. The Morgan fingerprint density at radius 3 is 2.53 bits per heavy atom.